The van der Waals surface area contributed by atoms with Gasteiger partial charge in [-0.1, -0.05) is 20.3 Å². The maximum Gasteiger partial charge on any atom is 0.178 e. The highest BCUT2D eigenvalue weighted by Gasteiger charge is 2.12. The highest BCUT2D eigenvalue weighted by molar-refractivity contribution is 7.91. The summed E-state index contributed by atoms with van der Waals surface area (Å²) in [5, 5.41) is 3.22. The summed E-state index contributed by atoms with van der Waals surface area (Å²) in [5.74, 6) is 0.196. The summed E-state index contributed by atoms with van der Waals surface area (Å²) in [6, 6.07) is 7.02. The van der Waals surface area contributed by atoms with Crippen molar-refractivity contribution >= 4 is 15.5 Å². The summed E-state index contributed by atoms with van der Waals surface area (Å²) in [6.07, 6.45) is 2.68. The van der Waals surface area contributed by atoms with Crippen LogP contribution in [0.1, 0.15) is 33.1 Å². The van der Waals surface area contributed by atoms with Crippen LogP contribution in [0.5, 0.6) is 0 Å². The second-order valence-corrected chi connectivity index (χ2v) is 6.88. The monoisotopic (exact) mass is 284 g/mol. The van der Waals surface area contributed by atoms with E-state index in [-0.39, 0.29) is 11.8 Å². The minimum atomic E-state index is -3.12. The van der Waals surface area contributed by atoms with Crippen molar-refractivity contribution in [3.05, 3.63) is 24.3 Å². The van der Waals surface area contributed by atoms with Gasteiger partial charge in [-0.05, 0) is 37.1 Å². The van der Waals surface area contributed by atoms with Gasteiger partial charge in [0.1, 0.15) is 0 Å². The Bertz CT molecular complexity index is 469. The van der Waals surface area contributed by atoms with Crippen LogP contribution < -0.4 is 11.1 Å². The fourth-order valence-electron chi connectivity index (χ4n) is 1.89. The summed E-state index contributed by atoms with van der Waals surface area (Å²) >= 11 is 0. The molecule has 0 spiro atoms. The van der Waals surface area contributed by atoms with Crippen LogP contribution in [-0.2, 0) is 9.84 Å². The molecule has 19 heavy (non-hydrogen) atoms. The van der Waals surface area contributed by atoms with Gasteiger partial charge in [0.05, 0.1) is 10.6 Å². The predicted molar refractivity (Wildman–Crippen MR) is 80.2 cm³/mol. The number of anilines is 1. The molecule has 4 nitrogen and oxygen atoms in total. The van der Waals surface area contributed by atoms with E-state index >= 15 is 0 Å². The molecule has 0 saturated carbocycles. The molecule has 0 aromatic heterocycles. The molecule has 5 heteroatoms. The molecule has 0 radical (unpaired) electrons. The standard InChI is InChI=1S/C14H24N2O2S/c1-3-5-12(15)11-16-13-6-8-14(9-7-13)19(17,18)10-4-2/h6-9,12,16H,3-5,10-11,15H2,1-2H3. The zero-order valence-corrected chi connectivity index (χ0v) is 12.5. The molecule has 0 aliphatic rings. The Kier molecular flexibility index (Phi) is 6.31. The van der Waals surface area contributed by atoms with Crippen LogP contribution in [0.25, 0.3) is 0 Å². The Morgan fingerprint density at radius 3 is 2.32 bits per heavy atom. The second-order valence-electron chi connectivity index (χ2n) is 4.77. The van der Waals surface area contributed by atoms with Crippen LogP contribution in [0.4, 0.5) is 5.69 Å². The molecule has 1 aromatic carbocycles. The van der Waals surface area contributed by atoms with E-state index in [4.69, 9.17) is 5.73 Å². The van der Waals surface area contributed by atoms with Crippen LogP contribution in [0, 0.1) is 0 Å². The third-order valence-corrected chi connectivity index (χ3v) is 4.85. The van der Waals surface area contributed by atoms with Gasteiger partial charge in [0, 0.05) is 18.3 Å². The lowest BCUT2D eigenvalue weighted by Gasteiger charge is -2.13. The van der Waals surface area contributed by atoms with Crippen LogP contribution in [-0.4, -0.2) is 26.8 Å². The number of nitrogens with one attached hydrogen (secondary N) is 1. The first kappa shape index (κ1) is 16.0. The van der Waals surface area contributed by atoms with E-state index in [9.17, 15) is 8.42 Å². The van der Waals surface area contributed by atoms with Crippen molar-refractivity contribution in [2.75, 3.05) is 17.6 Å². The zero-order valence-electron chi connectivity index (χ0n) is 11.7. The first-order chi connectivity index (χ1) is 8.99. The topological polar surface area (TPSA) is 72.2 Å². The quantitative estimate of drug-likeness (QED) is 0.769. The Labute approximate surface area is 116 Å². The lowest BCUT2D eigenvalue weighted by atomic mass is 10.2. The second kappa shape index (κ2) is 7.50. The molecule has 1 aromatic rings. The maximum absolute atomic E-state index is 11.9. The fourth-order valence-corrected chi connectivity index (χ4v) is 3.21. The van der Waals surface area contributed by atoms with Gasteiger partial charge in [-0.3, -0.25) is 0 Å². The summed E-state index contributed by atoms with van der Waals surface area (Å²) in [5.41, 5.74) is 6.82. The number of sulfone groups is 1. The molecule has 0 heterocycles. The van der Waals surface area contributed by atoms with Crippen molar-refractivity contribution in [2.45, 2.75) is 44.0 Å². The van der Waals surface area contributed by atoms with Gasteiger partial charge in [0.15, 0.2) is 9.84 Å². The van der Waals surface area contributed by atoms with Crippen molar-refractivity contribution in [3.63, 3.8) is 0 Å². The predicted octanol–water partition coefficient (Wildman–Crippen LogP) is 2.41. The van der Waals surface area contributed by atoms with Crippen molar-refractivity contribution in [3.8, 4) is 0 Å². The Hall–Kier alpha value is -1.07. The van der Waals surface area contributed by atoms with Crippen LogP contribution in [0.2, 0.25) is 0 Å². The maximum atomic E-state index is 11.9. The fraction of sp³-hybridized carbons (Fsp3) is 0.571. The third-order valence-electron chi connectivity index (χ3n) is 2.91. The molecule has 0 bridgehead atoms. The van der Waals surface area contributed by atoms with Crippen molar-refractivity contribution < 1.29 is 8.42 Å². The normalized spacial score (nSPS) is 13.2. The van der Waals surface area contributed by atoms with Crippen molar-refractivity contribution in [1.29, 1.82) is 0 Å². The molecular weight excluding hydrogens is 260 g/mol. The van der Waals surface area contributed by atoms with Gasteiger partial charge < -0.3 is 11.1 Å². The van der Waals surface area contributed by atoms with E-state index in [0.29, 0.717) is 17.9 Å². The number of hydrogen-bond donors (Lipinski definition) is 2. The van der Waals surface area contributed by atoms with Crippen LogP contribution in [0.15, 0.2) is 29.2 Å². The molecule has 1 unspecified atom stereocenters. The molecule has 1 atom stereocenters. The van der Waals surface area contributed by atoms with Gasteiger partial charge in [-0.2, -0.15) is 0 Å². The zero-order chi connectivity index (χ0) is 14.3. The van der Waals surface area contributed by atoms with E-state index in [1.807, 2.05) is 6.92 Å². The highest BCUT2D eigenvalue weighted by Crippen LogP contribution is 2.16. The SMILES string of the molecule is CCCC(N)CNc1ccc(S(=O)(=O)CCC)cc1. The molecular formula is C14H24N2O2S. The first-order valence-electron chi connectivity index (χ1n) is 6.82. The number of hydrogen-bond acceptors (Lipinski definition) is 4. The van der Waals surface area contributed by atoms with Crippen LogP contribution >= 0.6 is 0 Å². The summed E-state index contributed by atoms with van der Waals surface area (Å²) in [4.78, 5) is 0.387. The first-order valence-corrected chi connectivity index (χ1v) is 8.47. The van der Waals surface area contributed by atoms with Gasteiger partial charge >= 0.3 is 0 Å². The van der Waals surface area contributed by atoms with Gasteiger partial charge in [-0.15, -0.1) is 0 Å². The van der Waals surface area contributed by atoms with Crippen LogP contribution in [0.3, 0.4) is 0 Å². The molecule has 108 valence electrons. The molecule has 3 N–H and O–H groups in total. The number of benzene rings is 1. The molecule has 0 amide bonds. The molecule has 0 aliphatic carbocycles. The highest BCUT2D eigenvalue weighted by atomic mass is 32.2. The lowest BCUT2D eigenvalue weighted by molar-refractivity contribution is 0.594. The lowest BCUT2D eigenvalue weighted by Crippen LogP contribution is -2.28. The van der Waals surface area contributed by atoms with Gasteiger partial charge in [-0.25, -0.2) is 8.42 Å². The molecule has 1 rings (SSSR count). The summed E-state index contributed by atoms with van der Waals surface area (Å²) in [6.45, 7) is 4.67. The summed E-state index contributed by atoms with van der Waals surface area (Å²) < 4.78 is 23.7. The van der Waals surface area contributed by atoms with E-state index in [1.54, 1.807) is 24.3 Å². The minimum Gasteiger partial charge on any atom is -0.383 e. The van der Waals surface area contributed by atoms with Crippen molar-refractivity contribution in [2.24, 2.45) is 5.73 Å². The summed E-state index contributed by atoms with van der Waals surface area (Å²) in [7, 11) is -3.12. The Morgan fingerprint density at radius 2 is 1.79 bits per heavy atom. The number of nitrogens with two attached hydrogens (primary N) is 1. The average Bonchev–Trinajstić information content (AvgIpc) is 2.37. The van der Waals surface area contributed by atoms with E-state index in [0.717, 1.165) is 18.5 Å². The largest absolute Gasteiger partial charge is 0.383 e. The van der Waals surface area contributed by atoms with E-state index < -0.39 is 9.84 Å². The Balaban J connectivity index is 2.62. The third kappa shape index (κ3) is 5.20. The smallest absolute Gasteiger partial charge is 0.178 e. The molecule has 0 fully saturated rings. The van der Waals surface area contributed by atoms with E-state index in [1.165, 1.54) is 0 Å². The average molecular weight is 284 g/mol. The minimum absolute atomic E-state index is 0.133. The molecule has 0 saturated heterocycles. The molecule has 0 aliphatic heterocycles. The van der Waals surface area contributed by atoms with Crippen molar-refractivity contribution in [1.82, 2.24) is 0 Å². The Morgan fingerprint density at radius 1 is 1.16 bits per heavy atom. The van der Waals surface area contributed by atoms with Gasteiger partial charge in [0.2, 0.25) is 0 Å². The number of rotatable bonds is 8. The van der Waals surface area contributed by atoms with E-state index in [2.05, 4.69) is 12.2 Å². The van der Waals surface area contributed by atoms with Gasteiger partial charge in [0.25, 0.3) is 0 Å².